The van der Waals surface area contributed by atoms with Gasteiger partial charge in [0.25, 0.3) is 0 Å². The molecule has 0 fully saturated rings. The van der Waals surface area contributed by atoms with Crippen molar-refractivity contribution in [3.63, 3.8) is 0 Å². The van der Waals surface area contributed by atoms with E-state index in [1.165, 1.54) is 140 Å². The van der Waals surface area contributed by atoms with Crippen molar-refractivity contribution < 1.29 is 0 Å². The number of hydrogen-bond acceptors (Lipinski definition) is 2. The Kier molecular flexibility index (Phi) is 26.1. The summed E-state index contributed by atoms with van der Waals surface area (Å²) in [6.07, 6.45) is 42.5. The van der Waals surface area contributed by atoms with Gasteiger partial charge in [-0.2, -0.15) is 0 Å². The molecule has 0 spiro atoms. The maximum atomic E-state index is 5.14. The Bertz CT molecular complexity index is 1200. The van der Waals surface area contributed by atoms with Gasteiger partial charge in [-0.25, -0.2) is 0 Å². The summed E-state index contributed by atoms with van der Waals surface area (Å²) in [5.41, 5.74) is 6.59. The molecule has 0 atom stereocenters. The molecule has 0 aliphatic heterocycles. The van der Waals surface area contributed by atoms with Crippen LogP contribution in [0.4, 0.5) is 11.4 Å². The van der Waals surface area contributed by atoms with Gasteiger partial charge < -0.3 is 0 Å². The number of benzene rings is 2. The first-order chi connectivity index (χ1) is 24.2. The second kappa shape index (κ2) is 30.1. The normalized spacial score (nSPS) is 12.6. The SMILES string of the molecule is CCCCCCCCCCCCC=Cc1cccc(N=C(C)C(CCCC)=Nc2cccc(C=CCCCCCCCCCCCC)c2)c1. The van der Waals surface area contributed by atoms with Crippen molar-refractivity contribution in [3.8, 4) is 0 Å². The van der Waals surface area contributed by atoms with Gasteiger partial charge in [-0.15, -0.1) is 0 Å². The predicted octanol–water partition coefficient (Wildman–Crippen LogP) is 16.4. The lowest BCUT2D eigenvalue weighted by Crippen LogP contribution is -2.10. The summed E-state index contributed by atoms with van der Waals surface area (Å²) in [4.78, 5) is 10.2. The Morgan fingerprint density at radius 2 is 0.857 bits per heavy atom. The lowest BCUT2D eigenvalue weighted by molar-refractivity contribution is 0.558. The van der Waals surface area contributed by atoms with Crippen molar-refractivity contribution in [2.24, 2.45) is 9.98 Å². The molecule has 2 aromatic rings. The number of allylic oxidation sites excluding steroid dienone is 2. The molecule has 0 aliphatic carbocycles. The van der Waals surface area contributed by atoms with Gasteiger partial charge in [0.15, 0.2) is 0 Å². The van der Waals surface area contributed by atoms with Crippen molar-refractivity contribution in [3.05, 3.63) is 71.8 Å². The van der Waals surface area contributed by atoms with Crippen LogP contribution in [0.2, 0.25) is 0 Å². The Balaban J connectivity index is 1.84. The van der Waals surface area contributed by atoms with Crippen LogP contribution in [0, 0.1) is 0 Å². The van der Waals surface area contributed by atoms with Gasteiger partial charge >= 0.3 is 0 Å². The summed E-state index contributed by atoms with van der Waals surface area (Å²) in [6.45, 7) is 8.95. The van der Waals surface area contributed by atoms with E-state index < -0.39 is 0 Å². The van der Waals surface area contributed by atoms with Crippen LogP contribution in [-0.4, -0.2) is 11.4 Å². The van der Waals surface area contributed by atoms with Crippen LogP contribution in [0.15, 0.2) is 70.7 Å². The van der Waals surface area contributed by atoms with Crippen LogP contribution >= 0.6 is 0 Å². The summed E-state index contributed by atoms with van der Waals surface area (Å²) in [5.74, 6) is 0. The largest absolute Gasteiger partial charge is 0.252 e. The molecule has 0 N–H and O–H groups in total. The van der Waals surface area contributed by atoms with Crippen molar-refractivity contribution in [2.45, 2.75) is 188 Å². The quantitative estimate of drug-likeness (QED) is 0.0585. The summed E-state index contributed by atoms with van der Waals surface area (Å²) in [7, 11) is 0. The van der Waals surface area contributed by atoms with E-state index in [2.05, 4.69) is 101 Å². The first kappa shape index (κ1) is 42.4. The molecule has 0 aromatic heterocycles. The fourth-order valence-electron chi connectivity index (χ4n) is 6.41. The Morgan fingerprint density at radius 3 is 1.29 bits per heavy atom. The minimum atomic E-state index is 0.948. The lowest BCUT2D eigenvalue weighted by Gasteiger charge is -2.08. The van der Waals surface area contributed by atoms with Gasteiger partial charge in [0.1, 0.15) is 0 Å². The first-order valence-electron chi connectivity index (χ1n) is 20.8. The molecule has 0 bridgehead atoms. The van der Waals surface area contributed by atoms with E-state index in [-0.39, 0.29) is 0 Å². The number of aliphatic imine (C=N–C) groups is 2. The van der Waals surface area contributed by atoms with Gasteiger partial charge in [-0.3, -0.25) is 9.98 Å². The molecule has 0 heterocycles. The maximum absolute atomic E-state index is 5.14. The molecule has 0 saturated carbocycles. The average molecular weight is 667 g/mol. The van der Waals surface area contributed by atoms with Crippen molar-refractivity contribution >= 4 is 35.0 Å². The second-order valence-corrected chi connectivity index (χ2v) is 14.3. The van der Waals surface area contributed by atoms with Crippen LogP contribution in [0.5, 0.6) is 0 Å². The zero-order chi connectivity index (χ0) is 35.0. The molecule has 0 amide bonds. The molecule has 0 radical (unpaired) electrons. The van der Waals surface area contributed by atoms with Gasteiger partial charge in [0.2, 0.25) is 0 Å². The van der Waals surface area contributed by atoms with Gasteiger partial charge in [-0.05, 0) is 80.8 Å². The molecule has 0 unspecified atom stereocenters. The Morgan fingerprint density at radius 1 is 0.469 bits per heavy atom. The van der Waals surface area contributed by atoms with Crippen LogP contribution in [-0.2, 0) is 0 Å². The van der Waals surface area contributed by atoms with E-state index in [1.54, 1.807) is 0 Å². The second-order valence-electron chi connectivity index (χ2n) is 14.3. The molecule has 0 aliphatic rings. The number of nitrogens with zero attached hydrogens (tertiary/aromatic N) is 2. The van der Waals surface area contributed by atoms with Crippen LogP contribution in [0.25, 0.3) is 12.2 Å². The van der Waals surface area contributed by atoms with E-state index in [1.807, 2.05) is 0 Å². The number of hydrogen-bond donors (Lipinski definition) is 0. The highest BCUT2D eigenvalue weighted by Crippen LogP contribution is 2.21. The molecular weight excluding hydrogens is 593 g/mol. The first-order valence-corrected chi connectivity index (χ1v) is 20.8. The zero-order valence-corrected chi connectivity index (χ0v) is 32.5. The summed E-state index contributed by atoms with van der Waals surface area (Å²) < 4.78 is 0. The standard InChI is InChI=1S/C47H74N2/c1-5-8-11-13-15-17-19-21-23-25-27-29-33-43-35-31-37-45(40-43)48-42(4)47(39-10-7-3)49-46-38-32-36-44(41-46)34-30-28-26-24-22-20-18-16-14-12-9-6-2/h29-38,40-41H,5-28,39H2,1-4H3. The number of rotatable bonds is 30. The number of unbranched alkanes of at least 4 members (excludes halogenated alkanes) is 21. The summed E-state index contributed by atoms with van der Waals surface area (Å²) in [6, 6.07) is 17.3. The molecular formula is C47H74N2. The third-order valence-electron chi connectivity index (χ3n) is 9.56. The van der Waals surface area contributed by atoms with Crippen LogP contribution in [0.3, 0.4) is 0 Å². The van der Waals surface area contributed by atoms with Crippen LogP contribution in [0.1, 0.15) is 199 Å². The highest BCUT2D eigenvalue weighted by atomic mass is 14.8. The minimum absolute atomic E-state index is 0.948. The molecule has 0 saturated heterocycles. The summed E-state index contributed by atoms with van der Waals surface area (Å²) >= 11 is 0. The fraction of sp³-hybridized carbons (Fsp3) is 0.617. The van der Waals surface area contributed by atoms with Crippen molar-refractivity contribution in [1.82, 2.24) is 0 Å². The topological polar surface area (TPSA) is 24.7 Å². The monoisotopic (exact) mass is 667 g/mol. The Labute approximate surface area is 304 Å². The minimum Gasteiger partial charge on any atom is -0.252 e. The Hall–Kier alpha value is -2.74. The average Bonchev–Trinajstić information content (AvgIpc) is 3.11. The molecule has 2 heteroatoms. The van der Waals surface area contributed by atoms with Gasteiger partial charge in [0.05, 0.1) is 22.8 Å². The van der Waals surface area contributed by atoms with Crippen LogP contribution < -0.4 is 0 Å². The fourth-order valence-corrected chi connectivity index (χ4v) is 6.41. The molecule has 49 heavy (non-hydrogen) atoms. The smallest absolute Gasteiger partial charge is 0.0639 e. The zero-order valence-electron chi connectivity index (χ0n) is 32.5. The van der Waals surface area contributed by atoms with Crippen molar-refractivity contribution in [2.75, 3.05) is 0 Å². The van der Waals surface area contributed by atoms with Gasteiger partial charge in [-0.1, -0.05) is 191 Å². The van der Waals surface area contributed by atoms with Crippen molar-refractivity contribution in [1.29, 1.82) is 0 Å². The molecule has 2 rings (SSSR count). The highest BCUT2D eigenvalue weighted by molar-refractivity contribution is 6.42. The highest BCUT2D eigenvalue weighted by Gasteiger charge is 2.06. The predicted molar refractivity (Wildman–Crippen MR) is 223 cm³/mol. The lowest BCUT2D eigenvalue weighted by atomic mass is 10.1. The third kappa shape index (κ3) is 22.6. The maximum Gasteiger partial charge on any atom is 0.0639 e. The third-order valence-corrected chi connectivity index (χ3v) is 9.56. The molecule has 2 nitrogen and oxygen atoms in total. The van der Waals surface area contributed by atoms with E-state index in [0.717, 1.165) is 54.9 Å². The summed E-state index contributed by atoms with van der Waals surface area (Å²) in [5, 5.41) is 0. The van der Waals surface area contributed by atoms with E-state index in [4.69, 9.17) is 9.98 Å². The molecule has 272 valence electrons. The molecule has 2 aromatic carbocycles. The van der Waals surface area contributed by atoms with Gasteiger partial charge in [0, 0.05) is 0 Å². The van der Waals surface area contributed by atoms with E-state index >= 15 is 0 Å². The van der Waals surface area contributed by atoms with E-state index in [9.17, 15) is 0 Å². The van der Waals surface area contributed by atoms with E-state index in [0.29, 0.717) is 0 Å².